The Morgan fingerprint density at radius 3 is 1.33 bits per heavy atom. The van der Waals surface area contributed by atoms with E-state index in [4.69, 9.17) is 44.3 Å². The van der Waals surface area contributed by atoms with Crippen LogP contribution in [0.3, 0.4) is 0 Å². The van der Waals surface area contributed by atoms with Crippen LogP contribution in [0.25, 0.3) is 0 Å². The van der Waals surface area contributed by atoms with E-state index in [1.54, 1.807) is 0 Å². The molecule has 0 radical (unpaired) electrons. The molecule has 0 atom stereocenters. The summed E-state index contributed by atoms with van der Waals surface area (Å²) in [5, 5.41) is -2.72. The summed E-state index contributed by atoms with van der Waals surface area (Å²) in [6.45, 7) is 4.56. The van der Waals surface area contributed by atoms with Crippen molar-refractivity contribution in [3.05, 3.63) is 0 Å². The molecule has 0 saturated carbocycles. The maximum atomic E-state index is 4.97. The van der Waals surface area contributed by atoms with Gasteiger partial charge in [0.2, 0.25) is 0 Å². The monoisotopic (exact) mass is 242 g/mol. The maximum absolute atomic E-state index is 4.97. The summed E-state index contributed by atoms with van der Waals surface area (Å²) in [6.07, 6.45) is 0. The Hall–Kier alpha value is 1.59. The molecule has 0 aliphatic rings. The van der Waals surface area contributed by atoms with Crippen molar-refractivity contribution in [2.45, 2.75) is 19.5 Å². The summed E-state index contributed by atoms with van der Waals surface area (Å²) in [4.78, 5) is 0. The molecular formula is C3H10Cl4Si2. The molecule has 0 aliphatic heterocycles. The van der Waals surface area contributed by atoms with E-state index >= 15 is 0 Å². The van der Waals surface area contributed by atoms with Crippen LogP contribution in [0.5, 0.6) is 0 Å². The molecule has 0 nitrogen and oxygen atoms in total. The van der Waals surface area contributed by atoms with E-state index in [2.05, 4.69) is 13.5 Å². The van der Waals surface area contributed by atoms with Gasteiger partial charge in [-0.25, -0.2) is 0 Å². The van der Waals surface area contributed by atoms with Crippen molar-refractivity contribution in [3.63, 3.8) is 0 Å². The molecule has 0 spiro atoms. The zero-order valence-corrected chi connectivity index (χ0v) is 10.9. The highest BCUT2D eigenvalue weighted by Crippen LogP contribution is 2.23. The zero-order chi connectivity index (χ0) is 7.91. The van der Waals surface area contributed by atoms with Gasteiger partial charge in [0.1, 0.15) is 0 Å². The van der Waals surface area contributed by atoms with Crippen LogP contribution in [0.15, 0.2) is 0 Å². The molecule has 0 aromatic carbocycles. The normalized spacial score (nSPS) is 11.3. The lowest BCUT2D eigenvalue weighted by molar-refractivity contribution is 1.45. The van der Waals surface area contributed by atoms with Crippen LogP contribution in [-0.4, -0.2) is 14.8 Å². The first-order valence-electron chi connectivity index (χ1n) is 2.67. The van der Waals surface area contributed by atoms with E-state index in [1.165, 1.54) is 6.04 Å². The fraction of sp³-hybridized carbons (Fsp3) is 1.00. The van der Waals surface area contributed by atoms with E-state index in [0.29, 0.717) is 9.52 Å². The fourth-order valence-corrected chi connectivity index (χ4v) is 0. The van der Waals surface area contributed by atoms with Crippen LogP contribution in [-0.2, 0) is 0 Å². The summed E-state index contributed by atoms with van der Waals surface area (Å²) in [5.74, 6) is 0. The Bertz CT molecular complexity index is 44.3. The average Bonchev–Trinajstić information content (AvgIpc) is 1.61. The summed E-state index contributed by atoms with van der Waals surface area (Å²) in [5.41, 5.74) is 0. The van der Waals surface area contributed by atoms with Crippen molar-refractivity contribution in [1.82, 2.24) is 0 Å². The molecule has 0 rings (SSSR count). The molecule has 6 heteroatoms. The Balaban J connectivity index is 0. The lowest BCUT2D eigenvalue weighted by Gasteiger charge is -1.85. The van der Waals surface area contributed by atoms with Gasteiger partial charge in [0, 0.05) is 9.52 Å². The smallest absolute Gasteiger partial charge is 0.110 e. The number of rotatable bonds is 1. The average molecular weight is 244 g/mol. The molecule has 0 saturated heterocycles. The second-order valence-corrected chi connectivity index (χ2v) is 14.6. The molecule has 0 fully saturated rings. The van der Waals surface area contributed by atoms with Crippen LogP contribution in [0.2, 0.25) is 12.6 Å². The summed E-state index contributed by atoms with van der Waals surface area (Å²) >= 11 is 19.9. The third-order valence-corrected chi connectivity index (χ3v) is 1.50. The second kappa shape index (κ2) is 7.70. The second-order valence-electron chi connectivity index (χ2n) is 1.43. The van der Waals surface area contributed by atoms with Crippen LogP contribution >= 0.6 is 44.3 Å². The van der Waals surface area contributed by atoms with Crippen LogP contribution in [0.1, 0.15) is 6.92 Å². The maximum Gasteiger partial charge on any atom is 0.440 e. The van der Waals surface area contributed by atoms with Crippen molar-refractivity contribution >= 4 is 59.1 Å². The molecule has 9 heavy (non-hydrogen) atoms. The van der Waals surface area contributed by atoms with E-state index in [-0.39, 0.29) is 0 Å². The first-order valence-corrected chi connectivity index (χ1v) is 11.1. The first kappa shape index (κ1) is 13.2. The molecular weight excluding hydrogens is 234 g/mol. The third-order valence-electron chi connectivity index (χ3n) is 0.500. The van der Waals surface area contributed by atoms with Gasteiger partial charge in [-0.2, -0.15) is 0 Å². The molecule has 0 heterocycles. The Kier molecular flexibility index (Phi) is 11.3. The minimum absolute atomic E-state index is 0.424. The lowest BCUT2D eigenvalue weighted by Crippen LogP contribution is -1.91. The Morgan fingerprint density at radius 1 is 1.22 bits per heavy atom. The van der Waals surface area contributed by atoms with Crippen molar-refractivity contribution < 1.29 is 0 Å². The minimum atomic E-state index is -2.72. The molecule has 0 bridgehead atoms. The molecule has 0 aliphatic carbocycles. The first-order chi connectivity index (χ1) is 3.91. The van der Waals surface area contributed by atoms with Crippen molar-refractivity contribution in [3.8, 4) is 0 Å². The van der Waals surface area contributed by atoms with Gasteiger partial charge in [0.25, 0.3) is 0 Å². The zero-order valence-electron chi connectivity index (χ0n) is 5.43. The Labute approximate surface area is 78.5 Å². The number of hydrogen-bond donors (Lipinski definition) is 0. The van der Waals surface area contributed by atoms with Crippen LogP contribution in [0.4, 0.5) is 0 Å². The van der Waals surface area contributed by atoms with E-state index in [1.807, 2.05) is 0 Å². The Morgan fingerprint density at radius 2 is 1.33 bits per heavy atom. The highest BCUT2D eigenvalue weighted by Gasteiger charge is 2.19. The highest BCUT2D eigenvalue weighted by atomic mass is 36.0. The summed E-state index contributed by atoms with van der Waals surface area (Å²) in [7, 11) is 0.424. The van der Waals surface area contributed by atoms with Crippen molar-refractivity contribution in [2.75, 3.05) is 0 Å². The van der Waals surface area contributed by atoms with Gasteiger partial charge < -0.3 is 0 Å². The lowest BCUT2D eigenvalue weighted by atomic mass is 11.0. The van der Waals surface area contributed by atoms with E-state index in [0.717, 1.165) is 0 Å². The van der Waals surface area contributed by atoms with Gasteiger partial charge in [0.15, 0.2) is 0 Å². The van der Waals surface area contributed by atoms with Gasteiger partial charge in [-0.15, -0.1) is 44.3 Å². The molecule has 0 amide bonds. The predicted molar refractivity (Wildman–Crippen MR) is 54.1 cm³/mol. The van der Waals surface area contributed by atoms with Gasteiger partial charge in [-0.05, 0) is 0 Å². The molecule has 58 valence electrons. The van der Waals surface area contributed by atoms with E-state index < -0.39 is 5.31 Å². The molecule has 0 aromatic rings. The topological polar surface area (TPSA) is 0 Å². The van der Waals surface area contributed by atoms with Gasteiger partial charge in [0.05, 0.1) is 0 Å². The SMILES string of the molecule is CC[SiH2]C.Cl[Si](Cl)(Cl)Cl. The molecule has 0 unspecified atom stereocenters. The van der Waals surface area contributed by atoms with Gasteiger partial charge >= 0.3 is 5.31 Å². The van der Waals surface area contributed by atoms with Crippen molar-refractivity contribution in [2.24, 2.45) is 0 Å². The van der Waals surface area contributed by atoms with E-state index in [9.17, 15) is 0 Å². The third kappa shape index (κ3) is 82.2. The summed E-state index contributed by atoms with van der Waals surface area (Å²) < 4.78 is 0. The van der Waals surface area contributed by atoms with Crippen LogP contribution < -0.4 is 0 Å². The number of hydrogen-bond acceptors (Lipinski definition) is 0. The van der Waals surface area contributed by atoms with Gasteiger partial charge in [-0.3, -0.25) is 0 Å². The van der Waals surface area contributed by atoms with Gasteiger partial charge in [-0.1, -0.05) is 19.5 Å². The largest absolute Gasteiger partial charge is 0.440 e. The molecule has 0 N–H and O–H groups in total. The standard InChI is InChI=1S/C3H10Si.Cl4Si/c1-3-4-2;1-5(2,3)4/h3-4H2,1-2H3;. The quantitative estimate of drug-likeness (QED) is 0.491. The fourth-order valence-electron chi connectivity index (χ4n) is 0. The molecule has 0 aromatic heterocycles. The highest BCUT2D eigenvalue weighted by molar-refractivity contribution is 7.81. The van der Waals surface area contributed by atoms with Crippen LogP contribution in [0, 0.1) is 0 Å². The number of halogens is 4. The van der Waals surface area contributed by atoms with Crippen molar-refractivity contribution in [1.29, 1.82) is 0 Å². The summed E-state index contributed by atoms with van der Waals surface area (Å²) in [6, 6.07) is 1.46. The minimum Gasteiger partial charge on any atom is -0.110 e. The predicted octanol–water partition coefficient (Wildman–Crippen LogP) is 3.02.